The zero-order valence-corrected chi connectivity index (χ0v) is 22.6. The minimum atomic E-state index is -0.144. The fourth-order valence-electron chi connectivity index (χ4n) is 4.99. The average molecular weight is 520 g/mol. The molecular weight excluding hydrogens is 486 g/mol. The Morgan fingerprint density at radius 2 is 1.92 bits per heavy atom. The molecule has 1 fully saturated rings. The van der Waals surface area contributed by atoms with Crippen LogP contribution in [0.25, 0.3) is 17.0 Å². The van der Waals surface area contributed by atoms with Crippen LogP contribution < -0.4 is 20.1 Å². The van der Waals surface area contributed by atoms with Gasteiger partial charge >= 0.3 is 0 Å². The molecule has 0 bridgehead atoms. The second kappa shape index (κ2) is 10.5. The Bertz CT molecular complexity index is 1390. The van der Waals surface area contributed by atoms with E-state index >= 15 is 0 Å². The number of benzene rings is 2. The van der Waals surface area contributed by atoms with Crippen molar-refractivity contribution in [2.75, 3.05) is 59.2 Å². The van der Waals surface area contributed by atoms with E-state index in [1.54, 1.807) is 26.3 Å². The number of thiocarbonyl (C=S) groups is 1. The number of hydrogen-bond donors (Lipinski definition) is 2. The average Bonchev–Trinajstić information content (AvgIpc) is 3.36. The molecule has 37 heavy (non-hydrogen) atoms. The van der Waals surface area contributed by atoms with Crippen LogP contribution in [0.15, 0.2) is 42.2 Å². The molecule has 0 amide bonds. The number of fused-ring (bicyclic) bond motifs is 2. The van der Waals surface area contributed by atoms with Crippen molar-refractivity contribution in [1.82, 2.24) is 19.7 Å². The third-order valence-electron chi connectivity index (χ3n) is 7.24. The van der Waals surface area contributed by atoms with Gasteiger partial charge in [0.2, 0.25) is 5.78 Å². The van der Waals surface area contributed by atoms with Crippen molar-refractivity contribution in [3.63, 3.8) is 0 Å². The van der Waals surface area contributed by atoms with Gasteiger partial charge in [-0.3, -0.25) is 9.69 Å². The number of ketones is 1. The van der Waals surface area contributed by atoms with Gasteiger partial charge in [-0.25, -0.2) is 0 Å². The molecule has 0 unspecified atom stereocenters. The standard InChI is InChI=1S/C28H33N5O3S/c1-18-21(17-26-27(34)23-15-19(30-28(37)29-2)5-8-25(23)36-26)22-16-20(35-4)6-7-24(22)33(18)14-13-32-11-9-31(3)10-12-32/h5-8,15-17H,9-14H2,1-4H3,(H2,29,30,37)/b26-17-. The molecule has 0 spiro atoms. The number of carbonyl (C=O) groups excluding carboxylic acids is 1. The number of ether oxygens (including phenoxy) is 2. The summed E-state index contributed by atoms with van der Waals surface area (Å²) in [6, 6.07) is 11.5. The van der Waals surface area contributed by atoms with Crippen LogP contribution in [0.2, 0.25) is 0 Å². The number of anilines is 1. The smallest absolute Gasteiger partial charge is 0.232 e. The van der Waals surface area contributed by atoms with Crippen LogP contribution in [-0.4, -0.2) is 79.2 Å². The highest BCUT2D eigenvalue weighted by Gasteiger charge is 2.29. The summed E-state index contributed by atoms with van der Waals surface area (Å²) >= 11 is 5.19. The molecule has 0 radical (unpaired) electrons. The molecule has 5 rings (SSSR count). The van der Waals surface area contributed by atoms with Crippen LogP contribution in [0, 0.1) is 6.92 Å². The molecule has 9 heteroatoms. The molecule has 1 saturated heterocycles. The Morgan fingerprint density at radius 3 is 2.65 bits per heavy atom. The highest BCUT2D eigenvalue weighted by molar-refractivity contribution is 7.80. The van der Waals surface area contributed by atoms with Gasteiger partial charge in [0.05, 0.1) is 12.7 Å². The first-order valence-electron chi connectivity index (χ1n) is 12.5. The van der Waals surface area contributed by atoms with Crippen LogP contribution >= 0.6 is 12.2 Å². The first-order chi connectivity index (χ1) is 17.9. The highest BCUT2D eigenvalue weighted by atomic mass is 32.1. The summed E-state index contributed by atoms with van der Waals surface area (Å²) in [5.74, 6) is 1.50. The molecule has 2 aromatic carbocycles. The summed E-state index contributed by atoms with van der Waals surface area (Å²) < 4.78 is 13.9. The molecule has 2 aliphatic rings. The zero-order valence-electron chi connectivity index (χ0n) is 21.8. The minimum Gasteiger partial charge on any atom is -0.497 e. The van der Waals surface area contributed by atoms with Crippen LogP contribution in [0.1, 0.15) is 21.6 Å². The Hall–Kier alpha value is -3.40. The van der Waals surface area contributed by atoms with Crippen molar-refractivity contribution in [3.05, 3.63) is 59.0 Å². The second-order valence-corrected chi connectivity index (χ2v) is 9.94. The van der Waals surface area contributed by atoms with Crippen molar-refractivity contribution in [1.29, 1.82) is 0 Å². The Balaban J connectivity index is 1.47. The maximum atomic E-state index is 13.3. The number of piperazine rings is 1. The van der Waals surface area contributed by atoms with E-state index in [2.05, 4.69) is 45.0 Å². The van der Waals surface area contributed by atoms with Crippen LogP contribution in [-0.2, 0) is 6.54 Å². The number of rotatable bonds is 6. The molecular formula is C28H33N5O3S. The molecule has 0 atom stereocenters. The van der Waals surface area contributed by atoms with Crippen molar-refractivity contribution in [2.45, 2.75) is 13.5 Å². The fourth-order valence-corrected chi connectivity index (χ4v) is 5.11. The van der Waals surface area contributed by atoms with Gasteiger partial charge in [0.1, 0.15) is 11.5 Å². The predicted molar refractivity (Wildman–Crippen MR) is 152 cm³/mol. The van der Waals surface area contributed by atoms with E-state index < -0.39 is 0 Å². The monoisotopic (exact) mass is 519 g/mol. The van der Waals surface area contributed by atoms with E-state index in [9.17, 15) is 4.79 Å². The number of nitrogens with zero attached hydrogens (tertiary/aromatic N) is 3. The fraction of sp³-hybridized carbons (Fsp3) is 0.357. The van der Waals surface area contributed by atoms with E-state index in [1.807, 2.05) is 24.3 Å². The van der Waals surface area contributed by atoms with Gasteiger partial charge < -0.3 is 29.6 Å². The van der Waals surface area contributed by atoms with Gasteiger partial charge in [0.15, 0.2) is 10.9 Å². The van der Waals surface area contributed by atoms with E-state index in [0.717, 1.165) is 72.9 Å². The number of aromatic nitrogens is 1. The van der Waals surface area contributed by atoms with Crippen LogP contribution in [0.3, 0.4) is 0 Å². The van der Waals surface area contributed by atoms with Crippen molar-refractivity contribution in [3.8, 4) is 11.5 Å². The second-order valence-electron chi connectivity index (χ2n) is 9.53. The molecule has 3 heterocycles. The molecule has 3 aromatic rings. The van der Waals surface area contributed by atoms with Gasteiger partial charge in [-0.2, -0.15) is 0 Å². The summed E-state index contributed by atoms with van der Waals surface area (Å²) in [5, 5.41) is 7.47. The van der Waals surface area contributed by atoms with Crippen LogP contribution in [0.4, 0.5) is 5.69 Å². The number of hydrogen-bond acceptors (Lipinski definition) is 6. The lowest BCUT2D eigenvalue weighted by molar-refractivity contribution is 0.101. The third kappa shape index (κ3) is 5.07. The number of nitrogens with one attached hydrogen (secondary N) is 2. The van der Waals surface area contributed by atoms with E-state index in [1.165, 1.54) is 0 Å². The molecule has 0 aliphatic carbocycles. The van der Waals surface area contributed by atoms with E-state index in [-0.39, 0.29) is 5.78 Å². The summed E-state index contributed by atoms with van der Waals surface area (Å²) in [4.78, 5) is 18.2. The number of allylic oxidation sites excluding steroid dienone is 1. The normalized spacial score (nSPS) is 17.2. The van der Waals surface area contributed by atoms with Gasteiger partial charge in [0.25, 0.3) is 0 Å². The summed E-state index contributed by atoms with van der Waals surface area (Å²) in [6.45, 7) is 8.31. The lowest BCUT2D eigenvalue weighted by Crippen LogP contribution is -2.45. The van der Waals surface area contributed by atoms with Gasteiger partial charge in [-0.15, -0.1) is 0 Å². The van der Waals surface area contributed by atoms with E-state index in [0.29, 0.717) is 22.2 Å². The summed E-state index contributed by atoms with van der Waals surface area (Å²) in [7, 11) is 5.59. The number of methoxy groups -OCH3 is 1. The maximum absolute atomic E-state index is 13.3. The number of carbonyl (C=O) groups is 1. The van der Waals surface area contributed by atoms with Gasteiger partial charge in [-0.05, 0) is 68.7 Å². The highest BCUT2D eigenvalue weighted by Crippen LogP contribution is 2.36. The Morgan fingerprint density at radius 1 is 1.14 bits per heavy atom. The summed E-state index contributed by atoms with van der Waals surface area (Å²) in [6.07, 6.45) is 1.87. The first-order valence-corrected chi connectivity index (χ1v) is 12.9. The van der Waals surface area contributed by atoms with E-state index in [4.69, 9.17) is 21.7 Å². The third-order valence-corrected chi connectivity index (χ3v) is 7.55. The molecule has 1 aromatic heterocycles. The SMILES string of the molecule is CNC(=S)Nc1ccc2c(c1)C(=O)/C(=C/c1c(C)n(CCN3CCN(C)CC3)c3ccc(OC)cc13)O2. The van der Waals surface area contributed by atoms with Crippen molar-refractivity contribution in [2.24, 2.45) is 0 Å². The number of Topliss-reactive ketones (excluding diaryl/α,β-unsaturated/α-hetero) is 1. The Kier molecular flexibility index (Phi) is 7.19. The largest absolute Gasteiger partial charge is 0.497 e. The maximum Gasteiger partial charge on any atom is 0.232 e. The lowest BCUT2D eigenvalue weighted by atomic mass is 10.1. The molecule has 2 aliphatic heterocycles. The lowest BCUT2D eigenvalue weighted by Gasteiger charge is -2.32. The van der Waals surface area contributed by atoms with Gasteiger partial charge in [-0.1, -0.05) is 0 Å². The topological polar surface area (TPSA) is 71.0 Å². The zero-order chi connectivity index (χ0) is 26.1. The number of likely N-dealkylation sites (N-methyl/N-ethyl adjacent to an activating group) is 1. The Labute approximate surface area is 222 Å². The molecule has 0 saturated carbocycles. The van der Waals surface area contributed by atoms with Gasteiger partial charge in [0, 0.05) is 74.2 Å². The van der Waals surface area contributed by atoms with Crippen LogP contribution in [0.5, 0.6) is 11.5 Å². The van der Waals surface area contributed by atoms with Crippen molar-refractivity contribution < 1.29 is 14.3 Å². The minimum absolute atomic E-state index is 0.144. The first kappa shape index (κ1) is 25.3. The molecule has 8 nitrogen and oxygen atoms in total. The molecule has 2 N–H and O–H groups in total. The predicted octanol–water partition coefficient (Wildman–Crippen LogP) is 3.74. The molecule has 194 valence electrons. The summed E-state index contributed by atoms with van der Waals surface area (Å²) in [5.41, 5.74) is 4.44. The van der Waals surface area contributed by atoms with Crippen molar-refractivity contribution >= 4 is 45.8 Å². The quantitative estimate of drug-likeness (QED) is 0.377.